The van der Waals surface area contributed by atoms with Crippen LogP contribution in [0.3, 0.4) is 0 Å². The van der Waals surface area contributed by atoms with E-state index in [2.05, 4.69) is 28.5 Å². The van der Waals surface area contributed by atoms with Gasteiger partial charge in [0.25, 0.3) is 0 Å². The minimum Gasteiger partial charge on any atom is -0.384 e. The Hall–Kier alpha value is -1.57. The van der Waals surface area contributed by atoms with E-state index in [9.17, 15) is 0 Å². The molecule has 2 heterocycles. The first-order valence-electron chi connectivity index (χ1n) is 4.55. The predicted octanol–water partition coefficient (Wildman–Crippen LogP) is 2.20. The van der Waals surface area contributed by atoms with Crippen molar-refractivity contribution in [3.05, 3.63) is 36.0 Å². The molecule has 0 fully saturated rings. The monoisotopic (exact) mass is 170 g/mol. The Morgan fingerprint density at radius 2 is 2.23 bits per heavy atom. The molecule has 0 aliphatic carbocycles. The van der Waals surface area contributed by atoms with E-state index >= 15 is 0 Å². The average molecular weight is 170 g/mol. The SMILES string of the molecule is c1cnc2c3c(ccc2c1)NCC3. The molecule has 2 nitrogen and oxygen atoms in total. The molecular weight excluding hydrogens is 160 g/mol. The molecule has 0 unspecified atom stereocenters. The van der Waals surface area contributed by atoms with Gasteiger partial charge >= 0.3 is 0 Å². The molecule has 0 spiro atoms. The maximum atomic E-state index is 4.41. The standard InChI is InChI=1S/C11H10N2/c1-2-8-3-4-10-9(5-7-12-10)11(8)13-6-1/h1-4,6,12H,5,7H2. The van der Waals surface area contributed by atoms with Gasteiger partial charge in [-0.2, -0.15) is 0 Å². The van der Waals surface area contributed by atoms with Crippen molar-refractivity contribution in [2.75, 3.05) is 11.9 Å². The number of aromatic nitrogens is 1. The highest BCUT2D eigenvalue weighted by atomic mass is 14.9. The number of nitrogens with one attached hydrogen (secondary N) is 1. The van der Waals surface area contributed by atoms with Crippen molar-refractivity contribution in [1.82, 2.24) is 4.98 Å². The van der Waals surface area contributed by atoms with E-state index in [0.717, 1.165) is 18.5 Å². The van der Waals surface area contributed by atoms with E-state index in [4.69, 9.17) is 0 Å². The van der Waals surface area contributed by atoms with Gasteiger partial charge in [0, 0.05) is 29.4 Å². The summed E-state index contributed by atoms with van der Waals surface area (Å²) in [5.41, 5.74) is 3.79. The molecule has 0 bridgehead atoms. The molecule has 13 heavy (non-hydrogen) atoms. The number of rotatable bonds is 0. The normalized spacial score (nSPS) is 14.2. The van der Waals surface area contributed by atoms with Crippen molar-refractivity contribution in [2.45, 2.75) is 6.42 Å². The molecule has 3 rings (SSSR count). The molecule has 2 aromatic rings. The minimum atomic E-state index is 1.05. The molecule has 1 aliphatic heterocycles. The Morgan fingerprint density at radius 3 is 3.23 bits per heavy atom. The highest BCUT2D eigenvalue weighted by Crippen LogP contribution is 2.28. The number of benzene rings is 1. The summed E-state index contributed by atoms with van der Waals surface area (Å²) in [6.45, 7) is 1.05. The highest BCUT2D eigenvalue weighted by molar-refractivity contribution is 5.87. The van der Waals surface area contributed by atoms with Crippen LogP contribution in [-0.2, 0) is 6.42 Å². The molecular formula is C11H10N2. The van der Waals surface area contributed by atoms with Crippen LogP contribution in [0.15, 0.2) is 30.5 Å². The molecule has 1 aromatic carbocycles. The second-order valence-corrected chi connectivity index (χ2v) is 3.34. The van der Waals surface area contributed by atoms with Crippen LogP contribution in [0, 0.1) is 0 Å². The molecule has 0 saturated carbocycles. The molecule has 0 saturated heterocycles. The van der Waals surface area contributed by atoms with Crippen LogP contribution < -0.4 is 5.32 Å². The van der Waals surface area contributed by atoms with E-state index < -0.39 is 0 Å². The quantitative estimate of drug-likeness (QED) is 0.655. The largest absolute Gasteiger partial charge is 0.384 e. The topological polar surface area (TPSA) is 24.9 Å². The van der Waals surface area contributed by atoms with Crippen LogP contribution in [0.1, 0.15) is 5.56 Å². The van der Waals surface area contributed by atoms with E-state index in [1.54, 1.807) is 0 Å². The van der Waals surface area contributed by atoms with Gasteiger partial charge in [-0.25, -0.2) is 0 Å². The van der Waals surface area contributed by atoms with Gasteiger partial charge in [-0.1, -0.05) is 12.1 Å². The lowest BCUT2D eigenvalue weighted by Gasteiger charge is -2.02. The van der Waals surface area contributed by atoms with Gasteiger partial charge in [0.2, 0.25) is 0 Å². The van der Waals surface area contributed by atoms with Crippen molar-refractivity contribution in [3.63, 3.8) is 0 Å². The van der Waals surface area contributed by atoms with Crippen molar-refractivity contribution in [3.8, 4) is 0 Å². The van der Waals surface area contributed by atoms with Gasteiger partial charge in [-0.15, -0.1) is 0 Å². The Morgan fingerprint density at radius 1 is 1.23 bits per heavy atom. The maximum absolute atomic E-state index is 4.41. The second-order valence-electron chi connectivity index (χ2n) is 3.34. The lowest BCUT2D eigenvalue weighted by Crippen LogP contribution is -1.90. The Labute approximate surface area is 76.6 Å². The predicted molar refractivity (Wildman–Crippen MR) is 53.9 cm³/mol. The van der Waals surface area contributed by atoms with Crippen LogP contribution in [0.4, 0.5) is 5.69 Å². The number of pyridine rings is 1. The van der Waals surface area contributed by atoms with E-state index in [-0.39, 0.29) is 0 Å². The fourth-order valence-electron chi connectivity index (χ4n) is 1.95. The summed E-state index contributed by atoms with van der Waals surface area (Å²) in [5, 5.41) is 4.59. The Bertz CT molecular complexity index is 463. The molecule has 1 aromatic heterocycles. The fourth-order valence-corrected chi connectivity index (χ4v) is 1.95. The molecule has 0 radical (unpaired) electrons. The van der Waals surface area contributed by atoms with Gasteiger partial charge < -0.3 is 5.32 Å². The van der Waals surface area contributed by atoms with Crippen molar-refractivity contribution < 1.29 is 0 Å². The summed E-state index contributed by atoms with van der Waals surface area (Å²) < 4.78 is 0. The highest BCUT2D eigenvalue weighted by Gasteiger charge is 2.12. The fraction of sp³-hybridized carbons (Fsp3) is 0.182. The van der Waals surface area contributed by atoms with Gasteiger partial charge in [0.05, 0.1) is 5.52 Å². The summed E-state index contributed by atoms with van der Waals surface area (Å²) in [5.74, 6) is 0. The average Bonchev–Trinajstić information content (AvgIpc) is 2.65. The van der Waals surface area contributed by atoms with Crippen molar-refractivity contribution in [1.29, 1.82) is 0 Å². The number of hydrogen-bond acceptors (Lipinski definition) is 2. The van der Waals surface area contributed by atoms with Crippen LogP contribution >= 0.6 is 0 Å². The zero-order valence-electron chi connectivity index (χ0n) is 7.25. The van der Waals surface area contributed by atoms with E-state index in [1.165, 1.54) is 16.6 Å². The number of anilines is 1. The third kappa shape index (κ3) is 0.917. The lowest BCUT2D eigenvalue weighted by atomic mass is 10.1. The second kappa shape index (κ2) is 2.46. The maximum Gasteiger partial charge on any atom is 0.0755 e. The Balaban J connectivity index is 2.43. The third-order valence-corrected chi connectivity index (χ3v) is 2.57. The number of hydrogen-bond donors (Lipinski definition) is 1. The van der Waals surface area contributed by atoms with Crippen LogP contribution in [0.5, 0.6) is 0 Å². The zero-order chi connectivity index (χ0) is 8.67. The van der Waals surface area contributed by atoms with Crippen molar-refractivity contribution >= 4 is 16.6 Å². The molecule has 0 amide bonds. The summed E-state index contributed by atoms with van der Waals surface area (Å²) in [4.78, 5) is 4.41. The summed E-state index contributed by atoms with van der Waals surface area (Å²) >= 11 is 0. The Kier molecular flexibility index (Phi) is 1.30. The molecule has 2 heteroatoms. The molecule has 1 aliphatic rings. The van der Waals surface area contributed by atoms with E-state index in [0.29, 0.717) is 0 Å². The van der Waals surface area contributed by atoms with Crippen molar-refractivity contribution in [2.24, 2.45) is 0 Å². The number of fused-ring (bicyclic) bond motifs is 3. The number of nitrogens with zero attached hydrogens (tertiary/aromatic N) is 1. The van der Waals surface area contributed by atoms with Crippen LogP contribution in [0.25, 0.3) is 10.9 Å². The van der Waals surface area contributed by atoms with Gasteiger partial charge in [0.15, 0.2) is 0 Å². The minimum absolute atomic E-state index is 1.05. The van der Waals surface area contributed by atoms with Crippen LogP contribution in [0.2, 0.25) is 0 Å². The molecule has 64 valence electrons. The van der Waals surface area contributed by atoms with Gasteiger partial charge in [-0.05, 0) is 18.6 Å². The third-order valence-electron chi connectivity index (χ3n) is 2.57. The summed E-state index contributed by atoms with van der Waals surface area (Å²) in [6, 6.07) is 8.36. The molecule has 1 N–H and O–H groups in total. The van der Waals surface area contributed by atoms with Crippen LogP contribution in [-0.4, -0.2) is 11.5 Å². The summed E-state index contributed by atoms with van der Waals surface area (Å²) in [7, 11) is 0. The van der Waals surface area contributed by atoms with Gasteiger partial charge in [0.1, 0.15) is 0 Å². The van der Waals surface area contributed by atoms with Gasteiger partial charge in [-0.3, -0.25) is 4.98 Å². The summed E-state index contributed by atoms with van der Waals surface area (Å²) in [6.07, 6.45) is 2.96. The smallest absolute Gasteiger partial charge is 0.0755 e. The lowest BCUT2D eigenvalue weighted by molar-refractivity contribution is 1.11. The molecule has 0 atom stereocenters. The zero-order valence-corrected chi connectivity index (χ0v) is 7.25. The first kappa shape index (κ1) is 6.89. The van der Waals surface area contributed by atoms with E-state index in [1.807, 2.05) is 12.3 Å². The first-order chi connectivity index (χ1) is 6.45. The first-order valence-corrected chi connectivity index (χ1v) is 4.55.